The second-order valence-corrected chi connectivity index (χ2v) is 5.41. The van der Waals surface area contributed by atoms with Crippen LogP contribution >= 0.6 is 0 Å². The summed E-state index contributed by atoms with van der Waals surface area (Å²) in [7, 11) is 3.62. The lowest BCUT2D eigenvalue weighted by Crippen LogP contribution is -2.45. The molecule has 2 nitrogen and oxygen atoms in total. The minimum Gasteiger partial charge on any atom is -0.378 e. The highest BCUT2D eigenvalue weighted by atomic mass is 19.1. The number of rotatable bonds is 6. The highest BCUT2D eigenvalue weighted by Gasteiger charge is 2.38. The Labute approximate surface area is 113 Å². The molecule has 106 valence electrons. The average Bonchev–Trinajstić information content (AvgIpc) is 2.31. The number of ether oxygens (including phenoxy) is 1. The van der Waals surface area contributed by atoms with Crippen molar-refractivity contribution in [1.82, 2.24) is 5.32 Å². The molecule has 0 saturated heterocycles. The van der Waals surface area contributed by atoms with Crippen LogP contribution in [0.15, 0.2) is 18.2 Å². The second kappa shape index (κ2) is 5.97. The molecule has 0 aromatic heterocycles. The van der Waals surface area contributed by atoms with Gasteiger partial charge in [-0.15, -0.1) is 0 Å². The van der Waals surface area contributed by atoms with Crippen LogP contribution in [0.25, 0.3) is 0 Å². The van der Waals surface area contributed by atoms with Crippen molar-refractivity contribution in [2.75, 3.05) is 14.2 Å². The van der Waals surface area contributed by atoms with Crippen molar-refractivity contribution in [3.63, 3.8) is 0 Å². The fourth-order valence-electron chi connectivity index (χ4n) is 2.80. The van der Waals surface area contributed by atoms with Gasteiger partial charge in [0.05, 0.1) is 5.60 Å². The van der Waals surface area contributed by atoms with Gasteiger partial charge in [-0.25, -0.2) is 8.78 Å². The van der Waals surface area contributed by atoms with Crippen LogP contribution in [0.1, 0.15) is 31.2 Å². The number of hydrogen-bond acceptors (Lipinski definition) is 2. The largest absolute Gasteiger partial charge is 0.378 e. The maximum atomic E-state index is 13.2. The highest BCUT2D eigenvalue weighted by molar-refractivity contribution is 5.19. The van der Waals surface area contributed by atoms with Crippen LogP contribution in [-0.4, -0.2) is 25.8 Å². The molecule has 1 fully saturated rings. The first kappa shape index (κ1) is 14.4. The predicted molar refractivity (Wildman–Crippen MR) is 71.1 cm³/mol. The van der Waals surface area contributed by atoms with Crippen LogP contribution in [0.3, 0.4) is 0 Å². The van der Waals surface area contributed by atoms with E-state index in [0.29, 0.717) is 12.0 Å². The maximum absolute atomic E-state index is 13.2. The van der Waals surface area contributed by atoms with Gasteiger partial charge < -0.3 is 10.1 Å². The molecular weight excluding hydrogens is 248 g/mol. The van der Waals surface area contributed by atoms with E-state index in [9.17, 15) is 8.78 Å². The van der Waals surface area contributed by atoms with Crippen LogP contribution in [0, 0.1) is 11.6 Å². The Morgan fingerprint density at radius 3 is 2.32 bits per heavy atom. The Balaban J connectivity index is 2.02. The summed E-state index contributed by atoms with van der Waals surface area (Å²) in [6, 6.07) is 3.86. The van der Waals surface area contributed by atoms with E-state index >= 15 is 0 Å². The molecule has 0 aliphatic heterocycles. The van der Waals surface area contributed by atoms with Gasteiger partial charge in [0.15, 0.2) is 0 Å². The van der Waals surface area contributed by atoms with Crippen molar-refractivity contribution in [3.05, 3.63) is 35.4 Å². The lowest BCUT2D eigenvalue weighted by atomic mass is 9.75. The summed E-state index contributed by atoms with van der Waals surface area (Å²) in [6.45, 7) is 0. The van der Waals surface area contributed by atoms with Crippen molar-refractivity contribution in [1.29, 1.82) is 0 Å². The van der Waals surface area contributed by atoms with Crippen molar-refractivity contribution in [2.45, 2.75) is 43.7 Å². The monoisotopic (exact) mass is 269 g/mol. The minimum atomic E-state index is -0.519. The molecule has 1 unspecified atom stereocenters. The summed E-state index contributed by atoms with van der Waals surface area (Å²) in [6.07, 6.45) is 4.81. The van der Waals surface area contributed by atoms with E-state index in [4.69, 9.17) is 4.74 Å². The van der Waals surface area contributed by atoms with E-state index in [1.165, 1.54) is 18.6 Å². The van der Waals surface area contributed by atoms with Crippen LogP contribution in [0.2, 0.25) is 0 Å². The lowest BCUT2D eigenvalue weighted by Gasteiger charge is -2.42. The summed E-state index contributed by atoms with van der Waals surface area (Å²) < 4.78 is 32.0. The molecule has 0 spiro atoms. The normalized spacial score (nSPS) is 18.9. The summed E-state index contributed by atoms with van der Waals surface area (Å²) >= 11 is 0. The zero-order valence-electron chi connectivity index (χ0n) is 11.5. The Morgan fingerprint density at radius 1 is 1.26 bits per heavy atom. The first-order valence-corrected chi connectivity index (χ1v) is 6.74. The van der Waals surface area contributed by atoms with Gasteiger partial charge in [-0.05, 0) is 56.8 Å². The van der Waals surface area contributed by atoms with E-state index in [1.807, 2.05) is 7.05 Å². The standard InChI is InChI=1S/C15H21F2NO/c1-18-14(10-15(19-2)4-3-5-15)8-11-6-12(16)9-13(17)7-11/h6-7,9,14,18H,3-5,8,10H2,1-2H3. The van der Waals surface area contributed by atoms with Crippen molar-refractivity contribution < 1.29 is 13.5 Å². The number of hydrogen-bond donors (Lipinski definition) is 1. The maximum Gasteiger partial charge on any atom is 0.126 e. The Bertz CT molecular complexity index is 406. The van der Waals surface area contributed by atoms with E-state index in [1.54, 1.807) is 7.11 Å². The zero-order chi connectivity index (χ0) is 13.9. The number of halogens is 2. The molecule has 1 N–H and O–H groups in total. The molecule has 1 atom stereocenters. The van der Waals surface area contributed by atoms with Crippen molar-refractivity contribution in [3.8, 4) is 0 Å². The van der Waals surface area contributed by atoms with Crippen LogP contribution in [0.4, 0.5) is 8.78 Å². The van der Waals surface area contributed by atoms with Crippen LogP contribution in [0.5, 0.6) is 0 Å². The van der Waals surface area contributed by atoms with Gasteiger partial charge in [-0.3, -0.25) is 0 Å². The smallest absolute Gasteiger partial charge is 0.126 e. The van der Waals surface area contributed by atoms with E-state index in [-0.39, 0.29) is 11.6 Å². The Hall–Kier alpha value is -1.00. The lowest BCUT2D eigenvalue weighted by molar-refractivity contribution is -0.0830. The van der Waals surface area contributed by atoms with Gasteiger partial charge in [-0.1, -0.05) is 0 Å². The number of likely N-dealkylation sites (N-methyl/N-ethyl adjacent to an activating group) is 1. The van der Waals surface area contributed by atoms with Crippen molar-refractivity contribution >= 4 is 0 Å². The molecule has 0 bridgehead atoms. The fourth-order valence-corrected chi connectivity index (χ4v) is 2.80. The summed E-state index contributed by atoms with van der Waals surface area (Å²) in [4.78, 5) is 0. The third-order valence-electron chi connectivity index (χ3n) is 4.13. The fraction of sp³-hybridized carbons (Fsp3) is 0.600. The molecule has 2 rings (SSSR count). The Morgan fingerprint density at radius 2 is 1.89 bits per heavy atom. The third kappa shape index (κ3) is 3.51. The van der Waals surface area contributed by atoms with Crippen molar-refractivity contribution in [2.24, 2.45) is 0 Å². The van der Waals surface area contributed by atoms with Gasteiger partial charge in [0.25, 0.3) is 0 Å². The van der Waals surface area contributed by atoms with Crippen LogP contribution < -0.4 is 5.32 Å². The topological polar surface area (TPSA) is 21.3 Å². The highest BCUT2D eigenvalue weighted by Crippen LogP contribution is 2.39. The summed E-state index contributed by atoms with van der Waals surface area (Å²) in [5, 5.41) is 3.22. The first-order chi connectivity index (χ1) is 9.07. The molecule has 1 aliphatic rings. The number of benzene rings is 1. The zero-order valence-corrected chi connectivity index (χ0v) is 11.5. The minimum absolute atomic E-state index is 0.0421. The molecule has 0 heterocycles. The summed E-state index contributed by atoms with van der Waals surface area (Å²) in [5.74, 6) is -1.04. The van der Waals surface area contributed by atoms with Gasteiger partial charge >= 0.3 is 0 Å². The Kier molecular flexibility index (Phi) is 4.53. The van der Waals surface area contributed by atoms with Gasteiger partial charge in [-0.2, -0.15) is 0 Å². The molecular formula is C15H21F2NO. The number of nitrogens with one attached hydrogen (secondary N) is 1. The molecule has 1 saturated carbocycles. The molecule has 0 radical (unpaired) electrons. The SMILES string of the molecule is CNC(Cc1cc(F)cc(F)c1)CC1(OC)CCC1. The van der Waals surface area contributed by atoms with E-state index in [2.05, 4.69) is 5.32 Å². The van der Waals surface area contributed by atoms with E-state index in [0.717, 1.165) is 25.3 Å². The van der Waals surface area contributed by atoms with E-state index < -0.39 is 11.6 Å². The second-order valence-electron chi connectivity index (χ2n) is 5.41. The average molecular weight is 269 g/mol. The molecule has 1 aromatic rings. The molecule has 0 amide bonds. The quantitative estimate of drug-likeness (QED) is 0.857. The third-order valence-corrected chi connectivity index (χ3v) is 4.13. The first-order valence-electron chi connectivity index (χ1n) is 6.74. The van der Waals surface area contributed by atoms with Gasteiger partial charge in [0, 0.05) is 19.2 Å². The molecule has 19 heavy (non-hydrogen) atoms. The summed E-state index contributed by atoms with van der Waals surface area (Å²) in [5.41, 5.74) is 0.641. The van der Waals surface area contributed by atoms with Gasteiger partial charge in [0.2, 0.25) is 0 Å². The molecule has 1 aliphatic carbocycles. The molecule has 4 heteroatoms. The predicted octanol–water partition coefficient (Wildman–Crippen LogP) is 3.05. The number of methoxy groups -OCH3 is 1. The van der Waals surface area contributed by atoms with Gasteiger partial charge in [0.1, 0.15) is 11.6 Å². The molecule has 1 aromatic carbocycles. The van der Waals surface area contributed by atoms with Crippen LogP contribution in [-0.2, 0) is 11.2 Å².